The molecule has 2 aliphatic rings. The average molecular weight is 619 g/mol. The molecule has 8 nitrogen and oxygen atoms in total. The predicted molar refractivity (Wildman–Crippen MR) is 155 cm³/mol. The Balaban J connectivity index is 1.50. The maximum atomic E-state index is 14.0. The van der Waals surface area contributed by atoms with Gasteiger partial charge in [0.15, 0.2) is 0 Å². The van der Waals surface area contributed by atoms with Gasteiger partial charge < -0.3 is 19.1 Å². The first-order valence-corrected chi connectivity index (χ1v) is 15.4. The van der Waals surface area contributed by atoms with E-state index in [1.165, 1.54) is 7.11 Å². The zero-order chi connectivity index (χ0) is 30.8. The molecule has 3 aromatic carbocycles. The van der Waals surface area contributed by atoms with Gasteiger partial charge in [0.2, 0.25) is 0 Å². The van der Waals surface area contributed by atoms with Crippen LogP contribution in [0.4, 0.5) is 24.5 Å². The van der Waals surface area contributed by atoms with Crippen LogP contribution in [-0.2, 0) is 25.7 Å². The van der Waals surface area contributed by atoms with Crippen LogP contribution in [0.2, 0.25) is 0 Å². The van der Waals surface area contributed by atoms with Crippen LogP contribution in [0.3, 0.4) is 0 Å². The largest absolute Gasteiger partial charge is 0.495 e. The topological polar surface area (TPSA) is 85.4 Å². The Bertz CT molecular complexity index is 1580. The molecule has 0 radical (unpaired) electrons. The standard InChI is InChI=1S/C31H33F3N2O6S/c1-40-28-11-4-3-10-26(28)35-16-6-7-22(19-35)21-12-14-29-27(17-21)36(20-24(42-29)13-15-30(37)41-2)43(38,39)25-9-5-8-23(18-25)31(32,33)34/h3-5,8-12,14,17-18,22,24H,6-7,13,15-16,19-20H2,1-2H3/t22?,24-/m0/s1. The molecule has 43 heavy (non-hydrogen) atoms. The van der Waals surface area contributed by atoms with Gasteiger partial charge in [-0.2, -0.15) is 13.2 Å². The Morgan fingerprint density at radius 3 is 2.53 bits per heavy atom. The van der Waals surface area contributed by atoms with Crippen LogP contribution in [0.25, 0.3) is 0 Å². The lowest BCUT2D eigenvalue weighted by atomic mass is 9.89. The van der Waals surface area contributed by atoms with Gasteiger partial charge in [0.1, 0.15) is 17.6 Å². The number of benzene rings is 3. The van der Waals surface area contributed by atoms with E-state index in [1.807, 2.05) is 30.3 Å². The van der Waals surface area contributed by atoms with E-state index in [9.17, 15) is 26.4 Å². The third-order valence-electron chi connectivity index (χ3n) is 7.88. The molecule has 2 atom stereocenters. The van der Waals surface area contributed by atoms with Gasteiger partial charge in [0.05, 0.1) is 42.6 Å². The number of para-hydroxylation sites is 2. The summed E-state index contributed by atoms with van der Waals surface area (Å²) in [5.41, 5.74) is 1.05. The van der Waals surface area contributed by atoms with E-state index in [4.69, 9.17) is 14.2 Å². The molecule has 2 aliphatic heterocycles. The van der Waals surface area contributed by atoms with E-state index in [0.717, 1.165) is 58.9 Å². The van der Waals surface area contributed by atoms with Crippen LogP contribution in [0.15, 0.2) is 71.6 Å². The summed E-state index contributed by atoms with van der Waals surface area (Å²) in [5.74, 6) is 0.615. The number of carbonyl (C=O) groups is 1. The van der Waals surface area contributed by atoms with Gasteiger partial charge in [0, 0.05) is 25.4 Å². The van der Waals surface area contributed by atoms with Gasteiger partial charge in [-0.1, -0.05) is 24.3 Å². The van der Waals surface area contributed by atoms with Gasteiger partial charge in [0.25, 0.3) is 10.0 Å². The summed E-state index contributed by atoms with van der Waals surface area (Å²) < 4.78 is 85.8. The molecule has 3 aromatic rings. The third-order valence-corrected chi connectivity index (χ3v) is 9.66. The predicted octanol–water partition coefficient (Wildman–Crippen LogP) is 6.01. The molecular weight excluding hydrogens is 585 g/mol. The SMILES string of the molecule is COC(=O)CC[C@H]1CN(S(=O)(=O)c2cccc(C(F)(F)F)c2)c2cc(C3CCCN(c4ccccc4OC)C3)ccc2O1. The van der Waals surface area contributed by atoms with Gasteiger partial charge >= 0.3 is 12.1 Å². The lowest BCUT2D eigenvalue weighted by Crippen LogP contribution is -2.44. The minimum absolute atomic E-state index is 0.00706. The number of fused-ring (bicyclic) bond motifs is 1. The van der Waals surface area contributed by atoms with Crippen molar-refractivity contribution in [3.8, 4) is 11.5 Å². The summed E-state index contributed by atoms with van der Waals surface area (Å²) in [6.45, 7) is 1.33. The Hall–Kier alpha value is -3.93. The number of anilines is 2. The number of alkyl halides is 3. The molecule has 0 aliphatic carbocycles. The number of carbonyl (C=O) groups excluding carboxylic acids is 1. The van der Waals surface area contributed by atoms with Crippen LogP contribution in [-0.4, -0.2) is 54.3 Å². The van der Waals surface area contributed by atoms with Crippen LogP contribution in [0, 0.1) is 0 Å². The van der Waals surface area contributed by atoms with Crippen molar-refractivity contribution in [3.05, 3.63) is 77.9 Å². The second kappa shape index (κ2) is 12.4. The van der Waals surface area contributed by atoms with Gasteiger partial charge in [-0.15, -0.1) is 0 Å². The number of sulfonamides is 1. The van der Waals surface area contributed by atoms with Gasteiger partial charge in [-0.3, -0.25) is 9.10 Å². The number of hydrogen-bond acceptors (Lipinski definition) is 7. The molecule has 0 amide bonds. The highest BCUT2D eigenvalue weighted by Gasteiger charge is 2.38. The second-order valence-electron chi connectivity index (χ2n) is 10.6. The van der Waals surface area contributed by atoms with Crippen molar-refractivity contribution in [2.24, 2.45) is 0 Å². The highest BCUT2D eigenvalue weighted by atomic mass is 32.2. The summed E-state index contributed by atoms with van der Waals surface area (Å²) in [4.78, 5) is 13.6. The first-order valence-electron chi connectivity index (χ1n) is 14.0. The molecule has 0 bridgehead atoms. The zero-order valence-electron chi connectivity index (χ0n) is 23.8. The van der Waals surface area contributed by atoms with Crippen molar-refractivity contribution < 1.29 is 40.6 Å². The van der Waals surface area contributed by atoms with E-state index in [1.54, 1.807) is 19.2 Å². The first kappa shape index (κ1) is 30.5. The summed E-state index contributed by atoms with van der Waals surface area (Å²) >= 11 is 0. The van der Waals surface area contributed by atoms with Crippen molar-refractivity contribution in [1.29, 1.82) is 0 Å². The first-order chi connectivity index (χ1) is 20.5. The minimum Gasteiger partial charge on any atom is -0.495 e. The highest BCUT2D eigenvalue weighted by molar-refractivity contribution is 7.92. The summed E-state index contributed by atoms with van der Waals surface area (Å²) in [6, 6.07) is 16.8. The summed E-state index contributed by atoms with van der Waals surface area (Å²) in [5, 5.41) is 0. The van der Waals surface area contributed by atoms with E-state index in [2.05, 4.69) is 4.90 Å². The Labute approximate surface area is 249 Å². The zero-order valence-corrected chi connectivity index (χ0v) is 24.7. The minimum atomic E-state index is -4.71. The highest BCUT2D eigenvalue weighted by Crippen LogP contribution is 2.42. The average Bonchev–Trinajstić information content (AvgIpc) is 3.02. The number of halogens is 3. The Morgan fingerprint density at radius 1 is 1.00 bits per heavy atom. The van der Waals surface area contributed by atoms with Crippen molar-refractivity contribution in [2.75, 3.05) is 43.1 Å². The molecular formula is C31H33F3N2O6S. The van der Waals surface area contributed by atoms with Crippen LogP contribution in [0.5, 0.6) is 11.5 Å². The number of hydrogen-bond donors (Lipinski definition) is 0. The van der Waals surface area contributed by atoms with Crippen LogP contribution >= 0.6 is 0 Å². The van der Waals surface area contributed by atoms with Crippen molar-refractivity contribution in [2.45, 2.75) is 48.8 Å². The van der Waals surface area contributed by atoms with Gasteiger partial charge in [-0.25, -0.2) is 8.42 Å². The van der Waals surface area contributed by atoms with Crippen molar-refractivity contribution >= 4 is 27.4 Å². The molecule has 0 saturated carbocycles. The molecule has 12 heteroatoms. The second-order valence-corrected chi connectivity index (χ2v) is 12.5. The lowest BCUT2D eigenvalue weighted by molar-refractivity contribution is -0.141. The Morgan fingerprint density at radius 2 is 1.79 bits per heavy atom. The number of methoxy groups -OCH3 is 2. The summed E-state index contributed by atoms with van der Waals surface area (Å²) in [7, 11) is -1.55. The maximum absolute atomic E-state index is 14.0. The fraction of sp³-hybridized carbons (Fsp3) is 0.387. The maximum Gasteiger partial charge on any atom is 0.416 e. The van der Waals surface area contributed by atoms with Crippen molar-refractivity contribution in [3.63, 3.8) is 0 Å². The molecule has 2 heterocycles. The Kier molecular flexibility index (Phi) is 8.77. The number of esters is 1. The molecule has 0 aromatic heterocycles. The van der Waals surface area contributed by atoms with Crippen LogP contribution in [0.1, 0.15) is 42.7 Å². The van der Waals surface area contributed by atoms with E-state index in [0.29, 0.717) is 12.6 Å². The van der Waals surface area contributed by atoms with E-state index >= 15 is 0 Å². The monoisotopic (exact) mass is 618 g/mol. The molecule has 5 rings (SSSR count). The fourth-order valence-corrected chi connectivity index (χ4v) is 7.21. The molecule has 1 unspecified atom stereocenters. The van der Waals surface area contributed by atoms with Crippen LogP contribution < -0.4 is 18.7 Å². The fourth-order valence-electron chi connectivity index (χ4n) is 5.66. The van der Waals surface area contributed by atoms with Gasteiger partial charge in [-0.05, 0) is 67.3 Å². The van der Waals surface area contributed by atoms with Crippen molar-refractivity contribution in [1.82, 2.24) is 0 Å². The number of rotatable bonds is 8. The third kappa shape index (κ3) is 6.53. The molecule has 0 N–H and O–H groups in total. The van der Waals surface area contributed by atoms with E-state index < -0.39 is 38.7 Å². The lowest BCUT2D eigenvalue weighted by Gasteiger charge is -2.38. The summed E-state index contributed by atoms with van der Waals surface area (Å²) in [6.07, 6.45) is -3.50. The van der Waals surface area contributed by atoms with E-state index in [-0.39, 0.29) is 36.7 Å². The smallest absolute Gasteiger partial charge is 0.416 e. The number of nitrogens with zero attached hydrogens (tertiary/aromatic N) is 2. The molecule has 1 saturated heterocycles. The number of ether oxygens (including phenoxy) is 3. The number of piperidine rings is 1. The quantitative estimate of drug-likeness (QED) is 0.286. The molecule has 230 valence electrons. The molecule has 1 fully saturated rings. The molecule has 0 spiro atoms. The normalized spacial score (nSPS) is 18.9.